The summed E-state index contributed by atoms with van der Waals surface area (Å²) in [7, 11) is 0. The number of fused-ring (bicyclic) bond motifs is 1. The monoisotopic (exact) mass is 325 g/mol. The fourth-order valence-electron chi connectivity index (χ4n) is 2.82. The van der Waals surface area contributed by atoms with E-state index in [0.29, 0.717) is 6.61 Å². The van der Waals surface area contributed by atoms with Gasteiger partial charge in [0.2, 0.25) is 6.79 Å². The highest BCUT2D eigenvalue weighted by atomic mass is 32.2. The molecule has 0 aromatic heterocycles. The van der Waals surface area contributed by atoms with Gasteiger partial charge in [-0.1, -0.05) is 6.07 Å². The van der Waals surface area contributed by atoms with Gasteiger partial charge in [-0.3, -0.25) is 0 Å². The smallest absolute Gasteiger partial charge is 0.407 e. The number of rotatable bonds is 2. The standard InChI is InChI=1S/C14H15NO4S2/c16-13-15-12(7-17-13)14(20-4-1-5-21-14)9-2-3-10-11(6-9)19-8-18-10/h2-3,6,12H,1,4-5,7-8H2,(H,15,16). The van der Waals surface area contributed by atoms with Gasteiger partial charge in [-0.15, -0.1) is 23.5 Å². The quantitative estimate of drug-likeness (QED) is 0.902. The fourth-order valence-corrected chi connectivity index (χ4v) is 6.26. The molecule has 0 radical (unpaired) electrons. The fraction of sp³-hybridized carbons (Fsp3) is 0.500. The lowest BCUT2D eigenvalue weighted by molar-refractivity contribution is 0.173. The summed E-state index contributed by atoms with van der Waals surface area (Å²) >= 11 is 3.76. The molecule has 0 saturated carbocycles. The van der Waals surface area contributed by atoms with Crippen molar-refractivity contribution in [2.24, 2.45) is 0 Å². The third-order valence-corrected chi connectivity index (χ3v) is 7.42. The molecule has 0 spiro atoms. The molecule has 0 aliphatic carbocycles. The Kier molecular flexibility index (Phi) is 3.34. The maximum atomic E-state index is 11.5. The van der Waals surface area contributed by atoms with Crippen molar-refractivity contribution in [3.63, 3.8) is 0 Å². The van der Waals surface area contributed by atoms with Crippen LogP contribution in [0, 0.1) is 0 Å². The molecule has 4 rings (SSSR count). The summed E-state index contributed by atoms with van der Waals surface area (Å²) in [6.07, 6.45) is 0.857. The van der Waals surface area contributed by atoms with E-state index in [2.05, 4.69) is 11.4 Å². The summed E-state index contributed by atoms with van der Waals surface area (Å²) in [6, 6.07) is 6.04. The molecule has 0 bridgehead atoms. The first-order valence-corrected chi connectivity index (χ1v) is 8.86. The number of hydrogen-bond acceptors (Lipinski definition) is 6. The van der Waals surface area contributed by atoms with Crippen LogP contribution in [-0.4, -0.2) is 37.0 Å². The average Bonchev–Trinajstić information content (AvgIpc) is 3.16. The normalized spacial score (nSPS) is 26.3. The van der Waals surface area contributed by atoms with Crippen molar-refractivity contribution < 1.29 is 19.0 Å². The van der Waals surface area contributed by atoms with E-state index < -0.39 is 0 Å². The molecule has 5 nitrogen and oxygen atoms in total. The molecule has 1 N–H and O–H groups in total. The number of carbonyl (C=O) groups is 1. The minimum Gasteiger partial charge on any atom is -0.454 e. The summed E-state index contributed by atoms with van der Waals surface area (Å²) in [4.78, 5) is 11.5. The minimum atomic E-state index is -0.327. The van der Waals surface area contributed by atoms with Crippen LogP contribution in [0.1, 0.15) is 12.0 Å². The number of amides is 1. The van der Waals surface area contributed by atoms with Gasteiger partial charge < -0.3 is 19.5 Å². The molecule has 1 atom stereocenters. The first-order valence-electron chi connectivity index (χ1n) is 6.89. The molecule has 3 aliphatic heterocycles. The molecule has 1 aromatic rings. The number of carbonyl (C=O) groups excluding carboxylic acids is 1. The van der Waals surface area contributed by atoms with Crippen molar-refractivity contribution in [2.45, 2.75) is 16.5 Å². The molecule has 21 heavy (non-hydrogen) atoms. The molecule has 3 heterocycles. The highest BCUT2D eigenvalue weighted by molar-refractivity contribution is 8.18. The summed E-state index contributed by atoms with van der Waals surface area (Å²) in [5.74, 6) is 3.72. The predicted octanol–water partition coefficient (Wildman–Crippen LogP) is 2.55. The van der Waals surface area contributed by atoms with Gasteiger partial charge in [0.1, 0.15) is 10.7 Å². The van der Waals surface area contributed by atoms with E-state index in [1.807, 2.05) is 35.7 Å². The van der Waals surface area contributed by atoms with E-state index in [-0.39, 0.29) is 23.0 Å². The lowest BCUT2D eigenvalue weighted by Gasteiger charge is -2.40. The topological polar surface area (TPSA) is 56.8 Å². The van der Waals surface area contributed by atoms with Gasteiger partial charge in [0.25, 0.3) is 0 Å². The number of cyclic esters (lactones) is 1. The van der Waals surface area contributed by atoms with Crippen molar-refractivity contribution in [1.29, 1.82) is 0 Å². The van der Waals surface area contributed by atoms with E-state index in [0.717, 1.165) is 28.6 Å². The Labute approximate surface area is 131 Å². The number of ether oxygens (including phenoxy) is 3. The molecule has 112 valence electrons. The summed E-state index contributed by atoms with van der Waals surface area (Å²) in [6.45, 7) is 0.683. The van der Waals surface area contributed by atoms with Crippen LogP contribution in [0.5, 0.6) is 11.5 Å². The molecule has 1 aromatic carbocycles. The largest absolute Gasteiger partial charge is 0.454 e. The molecule has 2 saturated heterocycles. The van der Waals surface area contributed by atoms with Gasteiger partial charge >= 0.3 is 6.09 Å². The number of nitrogens with one attached hydrogen (secondary N) is 1. The van der Waals surface area contributed by atoms with Gasteiger partial charge in [0.15, 0.2) is 11.5 Å². The zero-order valence-electron chi connectivity index (χ0n) is 11.3. The average molecular weight is 325 g/mol. The number of thioether (sulfide) groups is 2. The number of benzene rings is 1. The third-order valence-electron chi connectivity index (χ3n) is 3.83. The maximum Gasteiger partial charge on any atom is 0.407 e. The van der Waals surface area contributed by atoms with Crippen molar-refractivity contribution in [3.05, 3.63) is 23.8 Å². The summed E-state index contributed by atoms with van der Waals surface area (Å²) in [5, 5.41) is 2.96. The van der Waals surface area contributed by atoms with Crippen LogP contribution in [0.2, 0.25) is 0 Å². The zero-order valence-corrected chi connectivity index (χ0v) is 12.9. The molecule has 1 amide bonds. The molecule has 2 fully saturated rings. The lowest BCUT2D eigenvalue weighted by Crippen LogP contribution is -2.44. The lowest BCUT2D eigenvalue weighted by atomic mass is 10.0. The molecule has 7 heteroatoms. The highest BCUT2D eigenvalue weighted by Crippen LogP contribution is 2.54. The van der Waals surface area contributed by atoms with Crippen molar-refractivity contribution in [3.8, 4) is 11.5 Å². The number of alkyl carbamates (subject to hydrolysis) is 1. The Hall–Kier alpha value is -1.21. The molecular weight excluding hydrogens is 310 g/mol. The van der Waals surface area contributed by atoms with Crippen LogP contribution in [0.15, 0.2) is 18.2 Å². The predicted molar refractivity (Wildman–Crippen MR) is 82.0 cm³/mol. The van der Waals surface area contributed by atoms with Crippen LogP contribution >= 0.6 is 23.5 Å². The van der Waals surface area contributed by atoms with Crippen LogP contribution in [0.25, 0.3) is 0 Å². The Morgan fingerprint density at radius 2 is 1.95 bits per heavy atom. The van der Waals surface area contributed by atoms with Crippen molar-refractivity contribution in [1.82, 2.24) is 5.32 Å². The Morgan fingerprint density at radius 3 is 2.71 bits per heavy atom. The van der Waals surface area contributed by atoms with Crippen molar-refractivity contribution >= 4 is 29.6 Å². The second kappa shape index (κ2) is 5.21. The zero-order chi connectivity index (χ0) is 14.3. The van der Waals surface area contributed by atoms with Crippen LogP contribution in [-0.2, 0) is 8.82 Å². The van der Waals surface area contributed by atoms with Gasteiger partial charge in [-0.05, 0) is 35.6 Å². The van der Waals surface area contributed by atoms with E-state index in [1.54, 1.807) is 0 Å². The van der Waals surface area contributed by atoms with E-state index >= 15 is 0 Å². The second-order valence-electron chi connectivity index (χ2n) is 5.08. The van der Waals surface area contributed by atoms with Crippen LogP contribution in [0.4, 0.5) is 4.79 Å². The molecule has 3 aliphatic rings. The van der Waals surface area contributed by atoms with Gasteiger partial charge in [0, 0.05) is 0 Å². The third kappa shape index (κ3) is 2.23. The minimum absolute atomic E-state index is 0.0272. The van der Waals surface area contributed by atoms with E-state index in [9.17, 15) is 4.79 Å². The number of hydrogen-bond donors (Lipinski definition) is 1. The first kappa shape index (κ1) is 13.5. The maximum absolute atomic E-state index is 11.5. The van der Waals surface area contributed by atoms with Crippen LogP contribution < -0.4 is 14.8 Å². The summed E-state index contributed by atoms with van der Waals surface area (Å²) < 4.78 is 15.8. The molecule has 1 unspecified atom stereocenters. The second-order valence-corrected chi connectivity index (χ2v) is 8.02. The molecular formula is C14H15NO4S2. The SMILES string of the molecule is O=C1NC(C2(c3ccc4c(c3)OCO4)SCCCS2)CO1. The highest BCUT2D eigenvalue weighted by Gasteiger charge is 2.47. The van der Waals surface area contributed by atoms with E-state index in [1.165, 1.54) is 6.42 Å². The van der Waals surface area contributed by atoms with Gasteiger partial charge in [-0.2, -0.15) is 0 Å². The van der Waals surface area contributed by atoms with E-state index in [4.69, 9.17) is 14.2 Å². The van der Waals surface area contributed by atoms with Crippen molar-refractivity contribution in [2.75, 3.05) is 24.9 Å². The Balaban J connectivity index is 1.73. The summed E-state index contributed by atoms with van der Waals surface area (Å²) in [5.41, 5.74) is 1.15. The Morgan fingerprint density at radius 1 is 1.14 bits per heavy atom. The van der Waals surface area contributed by atoms with Gasteiger partial charge in [0.05, 0.1) is 6.04 Å². The van der Waals surface area contributed by atoms with Crippen LogP contribution in [0.3, 0.4) is 0 Å². The van der Waals surface area contributed by atoms with Gasteiger partial charge in [-0.25, -0.2) is 4.79 Å². The Bertz CT molecular complexity index is 574. The first-order chi connectivity index (χ1) is 10.3.